The fraction of sp³-hybridized carbons (Fsp3) is 0.429. The zero-order chi connectivity index (χ0) is 18.6. The Morgan fingerprint density at radius 1 is 1.11 bits per heavy atom. The van der Waals surface area contributed by atoms with Gasteiger partial charge in [-0.1, -0.05) is 6.07 Å². The largest absolute Gasteiger partial charge is 0.490 e. The molecule has 1 aromatic carbocycles. The van der Waals surface area contributed by atoms with Crippen molar-refractivity contribution in [3.05, 3.63) is 48.4 Å². The van der Waals surface area contributed by atoms with Crippen LogP contribution in [-0.4, -0.2) is 47.4 Å². The first-order valence-electron chi connectivity index (χ1n) is 9.51. The Bertz CT molecular complexity index is 883. The topological polar surface area (TPSA) is 52.4 Å². The van der Waals surface area contributed by atoms with Gasteiger partial charge in [-0.05, 0) is 30.7 Å². The Hall–Kier alpha value is -2.60. The van der Waals surface area contributed by atoms with Gasteiger partial charge < -0.3 is 18.9 Å². The van der Waals surface area contributed by atoms with Crippen LogP contribution in [0.2, 0.25) is 0 Å². The van der Waals surface area contributed by atoms with Gasteiger partial charge in [-0.15, -0.1) is 0 Å². The Labute approximate surface area is 159 Å². The molecule has 1 saturated heterocycles. The van der Waals surface area contributed by atoms with Crippen LogP contribution in [0.15, 0.2) is 42.9 Å². The minimum atomic E-state index is 0.222. The van der Waals surface area contributed by atoms with E-state index in [0.29, 0.717) is 6.61 Å². The van der Waals surface area contributed by atoms with Gasteiger partial charge in [0, 0.05) is 63.6 Å². The van der Waals surface area contributed by atoms with E-state index in [2.05, 4.69) is 49.9 Å². The minimum absolute atomic E-state index is 0.222. The first-order valence-corrected chi connectivity index (χ1v) is 9.51. The highest BCUT2D eigenvalue weighted by Crippen LogP contribution is 2.29. The predicted octanol–water partition coefficient (Wildman–Crippen LogP) is 3.43. The summed E-state index contributed by atoms with van der Waals surface area (Å²) >= 11 is 0. The van der Waals surface area contributed by atoms with Crippen LogP contribution in [0.4, 0.5) is 5.95 Å². The molecule has 0 radical (unpaired) electrons. The maximum atomic E-state index is 6.38. The van der Waals surface area contributed by atoms with Gasteiger partial charge in [0.1, 0.15) is 11.9 Å². The van der Waals surface area contributed by atoms with Crippen LogP contribution < -0.4 is 9.64 Å². The molecule has 2 aromatic heterocycles. The van der Waals surface area contributed by atoms with Gasteiger partial charge in [0.05, 0.1) is 12.1 Å². The molecule has 3 heterocycles. The molecular weight excluding hydrogens is 340 g/mol. The smallest absolute Gasteiger partial charge is 0.225 e. The third kappa shape index (κ3) is 3.90. The number of methoxy groups -OCH3 is 1. The number of fused-ring (bicyclic) bond motifs is 1. The van der Waals surface area contributed by atoms with E-state index >= 15 is 0 Å². The van der Waals surface area contributed by atoms with Crippen molar-refractivity contribution in [3.63, 3.8) is 0 Å². The number of aryl methyl sites for hydroxylation is 1. The lowest BCUT2D eigenvalue weighted by Crippen LogP contribution is -2.39. The summed E-state index contributed by atoms with van der Waals surface area (Å²) in [4.78, 5) is 11.1. The maximum absolute atomic E-state index is 6.38. The molecule has 1 fully saturated rings. The fourth-order valence-corrected chi connectivity index (χ4v) is 3.58. The van der Waals surface area contributed by atoms with Crippen LogP contribution >= 0.6 is 0 Å². The van der Waals surface area contributed by atoms with Crippen molar-refractivity contribution >= 4 is 16.9 Å². The highest BCUT2D eigenvalue weighted by molar-refractivity contribution is 5.86. The van der Waals surface area contributed by atoms with Gasteiger partial charge in [-0.2, -0.15) is 0 Å². The van der Waals surface area contributed by atoms with Gasteiger partial charge in [-0.3, -0.25) is 0 Å². The van der Waals surface area contributed by atoms with Crippen molar-refractivity contribution in [2.24, 2.45) is 0 Å². The molecule has 4 rings (SSSR count). The standard InChI is InChI=1S/C21H26N4O2/c1-16-14-22-21(23-15-16)25-9-6-17(7-10-25)27-20-5-3-4-19-18(20)8-11-24(19)12-13-26-2/h3-5,8,11,14-15,17H,6-7,9-10,12-13H2,1-2H3. The summed E-state index contributed by atoms with van der Waals surface area (Å²) in [5.74, 6) is 1.78. The van der Waals surface area contributed by atoms with E-state index < -0.39 is 0 Å². The zero-order valence-electron chi connectivity index (χ0n) is 16.0. The Morgan fingerprint density at radius 3 is 2.63 bits per heavy atom. The molecule has 0 saturated carbocycles. The molecule has 0 N–H and O–H groups in total. The first kappa shape index (κ1) is 17.8. The number of aromatic nitrogens is 3. The Morgan fingerprint density at radius 2 is 1.89 bits per heavy atom. The number of hydrogen-bond acceptors (Lipinski definition) is 5. The highest BCUT2D eigenvalue weighted by atomic mass is 16.5. The minimum Gasteiger partial charge on any atom is -0.490 e. The number of ether oxygens (including phenoxy) is 2. The molecule has 0 atom stereocenters. The van der Waals surface area contributed by atoms with Gasteiger partial charge in [0.15, 0.2) is 0 Å². The van der Waals surface area contributed by atoms with Crippen LogP contribution in [0.1, 0.15) is 18.4 Å². The average Bonchev–Trinajstić information content (AvgIpc) is 3.12. The van der Waals surface area contributed by atoms with Crippen molar-refractivity contribution < 1.29 is 9.47 Å². The molecule has 3 aromatic rings. The predicted molar refractivity (Wildman–Crippen MR) is 106 cm³/mol. The number of anilines is 1. The molecule has 142 valence electrons. The summed E-state index contributed by atoms with van der Waals surface area (Å²) in [6, 6.07) is 8.40. The van der Waals surface area contributed by atoms with Crippen LogP contribution in [0.5, 0.6) is 5.75 Å². The lowest BCUT2D eigenvalue weighted by atomic mass is 10.1. The lowest BCUT2D eigenvalue weighted by Gasteiger charge is -2.32. The summed E-state index contributed by atoms with van der Waals surface area (Å²) in [5, 5.41) is 1.16. The van der Waals surface area contributed by atoms with Gasteiger partial charge in [0.2, 0.25) is 5.95 Å². The molecule has 6 heteroatoms. The molecule has 0 aliphatic carbocycles. The summed E-state index contributed by atoms with van der Waals surface area (Å²) in [7, 11) is 1.73. The molecule has 1 aliphatic heterocycles. The number of benzene rings is 1. The van der Waals surface area contributed by atoms with Gasteiger partial charge in [-0.25, -0.2) is 9.97 Å². The van der Waals surface area contributed by atoms with E-state index in [1.807, 2.05) is 19.3 Å². The van der Waals surface area contributed by atoms with E-state index in [9.17, 15) is 0 Å². The summed E-state index contributed by atoms with van der Waals surface area (Å²) in [6.45, 7) is 5.39. The zero-order valence-corrected chi connectivity index (χ0v) is 16.0. The van der Waals surface area contributed by atoms with Crippen LogP contribution in [0.25, 0.3) is 10.9 Å². The number of piperidine rings is 1. The van der Waals surface area contributed by atoms with Crippen LogP contribution in [-0.2, 0) is 11.3 Å². The molecule has 0 bridgehead atoms. The number of rotatable bonds is 6. The second-order valence-electron chi connectivity index (χ2n) is 7.06. The van der Waals surface area contributed by atoms with Crippen LogP contribution in [0.3, 0.4) is 0 Å². The third-order valence-corrected chi connectivity index (χ3v) is 5.10. The summed E-state index contributed by atoms with van der Waals surface area (Å²) in [5.41, 5.74) is 2.28. The van der Waals surface area contributed by atoms with E-state index in [1.165, 1.54) is 5.52 Å². The molecule has 6 nitrogen and oxygen atoms in total. The second kappa shape index (κ2) is 7.96. The van der Waals surface area contributed by atoms with E-state index in [0.717, 1.165) is 55.1 Å². The van der Waals surface area contributed by atoms with E-state index in [4.69, 9.17) is 9.47 Å². The summed E-state index contributed by atoms with van der Waals surface area (Å²) < 4.78 is 13.8. The second-order valence-corrected chi connectivity index (χ2v) is 7.06. The number of nitrogens with zero attached hydrogens (tertiary/aromatic N) is 4. The first-order chi connectivity index (χ1) is 13.2. The van der Waals surface area contributed by atoms with Crippen molar-refractivity contribution in [3.8, 4) is 5.75 Å². The van der Waals surface area contributed by atoms with E-state index in [1.54, 1.807) is 7.11 Å². The monoisotopic (exact) mass is 366 g/mol. The molecule has 0 spiro atoms. The quantitative estimate of drug-likeness (QED) is 0.669. The molecule has 1 aliphatic rings. The van der Waals surface area contributed by atoms with Crippen molar-refractivity contribution in [2.45, 2.75) is 32.4 Å². The molecule has 27 heavy (non-hydrogen) atoms. The molecule has 0 amide bonds. The third-order valence-electron chi connectivity index (χ3n) is 5.10. The molecular formula is C21H26N4O2. The normalized spacial score (nSPS) is 15.4. The average molecular weight is 366 g/mol. The number of hydrogen-bond donors (Lipinski definition) is 0. The summed E-state index contributed by atoms with van der Waals surface area (Å²) in [6.07, 6.45) is 8.02. The fourth-order valence-electron chi connectivity index (χ4n) is 3.58. The molecule has 0 unspecified atom stereocenters. The van der Waals surface area contributed by atoms with Crippen LogP contribution in [0, 0.1) is 6.92 Å². The maximum Gasteiger partial charge on any atom is 0.225 e. The van der Waals surface area contributed by atoms with Crippen molar-refractivity contribution in [1.82, 2.24) is 14.5 Å². The SMILES string of the molecule is COCCn1ccc2c(OC3CCN(c4ncc(C)cn4)CC3)cccc21. The highest BCUT2D eigenvalue weighted by Gasteiger charge is 2.23. The van der Waals surface area contributed by atoms with Crippen molar-refractivity contribution in [1.29, 1.82) is 0 Å². The van der Waals surface area contributed by atoms with Gasteiger partial charge in [0.25, 0.3) is 0 Å². The van der Waals surface area contributed by atoms with Gasteiger partial charge >= 0.3 is 0 Å². The van der Waals surface area contributed by atoms with E-state index in [-0.39, 0.29) is 6.10 Å². The van der Waals surface area contributed by atoms with Crippen molar-refractivity contribution in [2.75, 3.05) is 31.7 Å². The lowest BCUT2D eigenvalue weighted by molar-refractivity contribution is 0.172. The Balaban J connectivity index is 1.41. The Kier molecular flexibility index (Phi) is 5.25.